The average Bonchev–Trinajstić information content (AvgIpc) is 2.37. The standard InChI is InChI=1S/C15H22BrFN2/c1-10-5-6-19(13(7-10)9-18)11(2)14-4-3-12(17)8-15(14)16/h3-4,8,10-11,13H,5-7,9,18H2,1-2H3. The molecule has 4 heteroatoms. The van der Waals surface area contributed by atoms with Crippen molar-refractivity contribution in [3.05, 3.63) is 34.1 Å². The van der Waals surface area contributed by atoms with Gasteiger partial charge in [-0.05, 0) is 49.9 Å². The number of piperidine rings is 1. The molecule has 1 saturated heterocycles. The van der Waals surface area contributed by atoms with Gasteiger partial charge in [0.25, 0.3) is 0 Å². The van der Waals surface area contributed by atoms with Crippen LogP contribution in [0.3, 0.4) is 0 Å². The topological polar surface area (TPSA) is 29.3 Å². The van der Waals surface area contributed by atoms with Gasteiger partial charge < -0.3 is 5.73 Å². The molecular weight excluding hydrogens is 307 g/mol. The van der Waals surface area contributed by atoms with Crippen LogP contribution in [0.2, 0.25) is 0 Å². The Morgan fingerprint density at radius 2 is 2.26 bits per heavy atom. The van der Waals surface area contributed by atoms with E-state index in [0.29, 0.717) is 12.6 Å². The minimum atomic E-state index is -0.203. The maximum atomic E-state index is 13.2. The summed E-state index contributed by atoms with van der Waals surface area (Å²) in [6, 6.07) is 5.62. The second-order valence-electron chi connectivity index (χ2n) is 5.60. The van der Waals surface area contributed by atoms with E-state index in [9.17, 15) is 4.39 Å². The second-order valence-corrected chi connectivity index (χ2v) is 6.45. The van der Waals surface area contributed by atoms with Gasteiger partial charge in [0.1, 0.15) is 5.82 Å². The molecule has 3 unspecified atom stereocenters. The fraction of sp³-hybridized carbons (Fsp3) is 0.600. The lowest BCUT2D eigenvalue weighted by Crippen LogP contribution is -2.47. The minimum Gasteiger partial charge on any atom is -0.329 e. The van der Waals surface area contributed by atoms with Crippen LogP contribution in [0, 0.1) is 11.7 Å². The first-order chi connectivity index (χ1) is 9.02. The molecule has 0 amide bonds. The van der Waals surface area contributed by atoms with E-state index in [1.165, 1.54) is 18.6 Å². The van der Waals surface area contributed by atoms with Crippen LogP contribution in [0.5, 0.6) is 0 Å². The Kier molecular flexibility index (Phi) is 4.98. The zero-order valence-corrected chi connectivity index (χ0v) is 13.2. The van der Waals surface area contributed by atoms with Crippen molar-refractivity contribution in [1.29, 1.82) is 0 Å². The fourth-order valence-corrected chi connectivity index (χ4v) is 3.71. The first-order valence-electron chi connectivity index (χ1n) is 6.93. The summed E-state index contributed by atoms with van der Waals surface area (Å²) in [4.78, 5) is 2.46. The van der Waals surface area contributed by atoms with Gasteiger partial charge in [-0.25, -0.2) is 4.39 Å². The molecule has 2 nitrogen and oxygen atoms in total. The largest absolute Gasteiger partial charge is 0.329 e. The summed E-state index contributed by atoms with van der Waals surface area (Å²) < 4.78 is 14.0. The molecule has 0 saturated carbocycles. The van der Waals surface area contributed by atoms with Crippen molar-refractivity contribution in [3.8, 4) is 0 Å². The molecule has 1 fully saturated rings. The van der Waals surface area contributed by atoms with E-state index in [4.69, 9.17) is 5.73 Å². The molecule has 1 aromatic carbocycles. The van der Waals surface area contributed by atoms with Crippen LogP contribution in [-0.4, -0.2) is 24.0 Å². The Hall–Kier alpha value is -0.450. The van der Waals surface area contributed by atoms with Crippen molar-refractivity contribution in [1.82, 2.24) is 4.90 Å². The number of halogens is 2. The third-order valence-corrected chi connectivity index (χ3v) is 4.89. The summed E-state index contributed by atoms with van der Waals surface area (Å²) in [5, 5.41) is 0. The number of hydrogen-bond donors (Lipinski definition) is 1. The summed E-state index contributed by atoms with van der Waals surface area (Å²) in [7, 11) is 0. The van der Waals surface area contributed by atoms with E-state index in [2.05, 4.69) is 34.7 Å². The third-order valence-electron chi connectivity index (χ3n) is 4.21. The molecule has 2 N–H and O–H groups in total. The number of nitrogens with zero attached hydrogens (tertiary/aromatic N) is 1. The van der Waals surface area contributed by atoms with Crippen molar-refractivity contribution in [2.24, 2.45) is 11.7 Å². The van der Waals surface area contributed by atoms with E-state index < -0.39 is 0 Å². The summed E-state index contributed by atoms with van der Waals surface area (Å²) in [5.74, 6) is 0.541. The van der Waals surface area contributed by atoms with Gasteiger partial charge in [0.15, 0.2) is 0 Å². The van der Waals surface area contributed by atoms with Crippen LogP contribution in [-0.2, 0) is 0 Å². The highest BCUT2D eigenvalue weighted by Crippen LogP contribution is 2.33. The maximum absolute atomic E-state index is 13.2. The molecule has 0 aromatic heterocycles. The molecule has 1 aliphatic rings. The number of rotatable bonds is 3. The molecule has 1 heterocycles. The molecule has 0 bridgehead atoms. The monoisotopic (exact) mass is 328 g/mol. The van der Waals surface area contributed by atoms with E-state index >= 15 is 0 Å². The van der Waals surface area contributed by atoms with Crippen LogP contribution in [0.4, 0.5) is 4.39 Å². The van der Waals surface area contributed by atoms with Crippen molar-refractivity contribution < 1.29 is 4.39 Å². The Bertz CT molecular complexity index is 438. The third kappa shape index (κ3) is 3.36. The molecule has 0 spiro atoms. The predicted octanol–water partition coefficient (Wildman–Crippen LogP) is 3.71. The number of nitrogens with two attached hydrogens (primary N) is 1. The lowest BCUT2D eigenvalue weighted by atomic mass is 9.90. The van der Waals surface area contributed by atoms with Crippen molar-refractivity contribution in [2.75, 3.05) is 13.1 Å². The summed E-state index contributed by atoms with van der Waals surface area (Å²) >= 11 is 3.47. The van der Waals surface area contributed by atoms with E-state index in [1.807, 2.05) is 6.07 Å². The Morgan fingerprint density at radius 3 is 2.89 bits per heavy atom. The SMILES string of the molecule is CC1CCN(C(C)c2ccc(F)cc2Br)C(CN)C1. The van der Waals surface area contributed by atoms with Gasteiger partial charge in [-0.15, -0.1) is 0 Å². The molecule has 3 atom stereocenters. The molecule has 0 aliphatic carbocycles. The number of likely N-dealkylation sites (tertiary alicyclic amines) is 1. The first kappa shape index (κ1) is 14.9. The van der Waals surface area contributed by atoms with Gasteiger partial charge in [0, 0.05) is 23.1 Å². The maximum Gasteiger partial charge on any atom is 0.124 e. The van der Waals surface area contributed by atoms with Gasteiger partial charge in [0.2, 0.25) is 0 Å². The summed E-state index contributed by atoms with van der Waals surface area (Å²) in [6.07, 6.45) is 2.36. The van der Waals surface area contributed by atoms with Gasteiger partial charge in [-0.3, -0.25) is 4.90 Å². The first-order valence-corrected chi connectivity index (χ1v) is 7.73. The van der Waals surface area contributed by atoms with Crippen molar-refractivity contribution in [2.45, 2.75) is 38.8 Å². The number of hydrogen-bond acceptors (Lipinski definition) is 2. The summed E-state index contributed by atoms with van der Waals surface area (Å²) in [6.45, 7) is 6.22. The average molecular weight is 329 g/mol. The quantitative estimate of drug-likeness (QED) is 0.916. The van der Waals surface area contributed by atoms with Gasteiger partial charge in [-0.2, -0.15) is 0 Å². The lowest BCUT2D eigenvalue weighted by Gasteiger charge is -2.42. The minimum absolute atomic E-state index is 0.203. The summed E-state index contributed by atoms with van der Waals surface area (Å²) in [5.41, 5.74) is 7.05. The zero-order chi connectivity index (χ0) is 14.0. The smallest absolute Gasteiger partial charge is 0.124 e. The van der Waals surface area contributed by atoms with Gasteiger partial charge in [0.05, 0.1) is 0 Å². The Labute approximate surface area is 123 Å². The lowest BCUT2D eigenvalue weighted by molar-refractivity contribution is 0.0831. The Morgan fingerprint density at radius 1 is 1.53 bits per heavy atom. The predicted molar refractivity (Wildman–Crippen MR) is 80.5 cm³/mol. The zero-order valence-electron chi connectivity index (χ0n) is 11.6. The van der Waals surface area contributed by atoms with Crippen molar-refractivity contribution >= 4 is 15.9 Å². The molecule has 1 aromatic rings. The van der Waals surface area contributed by atoms with E-state index in [0.717, 1.165) is 28.9 Å². The van der Waals surface area contributed by atoms with Crippen molar-refractivity contribution in [3.63, 3.8) is 0 Å². The van der Waals surface area contributed by atoms with Crippen LogP contribution < -0.4 is 5.73 Å². The van der Waals surface area contributed by atoms with Gasteiger partial charge >= 0.3 is 0 Å². The molecule has 2 rings (SSSR count). The highest BCUT2D eigenvalue weighted by molar-refractivity contribution is 9.10. The molecular formula is C15H22BrFN2. The van der Waals surface area contributed by atoms with Crippen LogP contribution >= 0.6 is 15.9 Å². The Balaban J connectivity index is 2.20. The molecule has 106 valence electrons. The molecule has 19 heavy (non-hydrogen) atoms. The van der Waals surface area contributed by atoms with Gasteiger partial charge in [-0.1, -0.05) is 28.9 Å². The van der Waals surface area contributed by atoms with Crippen LogP contribution in [0.15, 0.2) is 22.7 Å². The fourth-order valence-electron chi connectivity index (χ4n) is 3.03. The molecule has 1 aliphatic heterocycles. The highest BCUT2D eigenvalue weighted by Gasteiger charge is 2.30. The van der Waals surface area contributed by atoms with Crippen LogP contribution in [0.1, 0.15) is 38.3 Å². The second kappa shape index (κ2) is 6.33. The molecule has 0 radical (unpaired) electrons. The number of benzene rings is 1. The van der Waals surface area contributed by atoms with E-state index in [-0.39, 0.29) is 11.9 Å². The highest BCUT2D eigenvalue weighted by atomic mass is 79.9. The van der Waals surface area contributed by atoms with E-state index in [1.54, 1.807) is 0 Å². The van der Waals surface area contributed by atoms with Crippen LogP contribution in [0.25, 0.3) is 0 Å². The normalized spacial score (nSPS) is 26.4.